The molecular formula is C31H35N5O5S2. The summed E-state index contributed by atoms with van der Waals surface area (Å²) in [6.45, 7) is 5.46. The summed E-state index contributed by atoms with van der Waals surface area (Å²) in [6.07, 6.45) is 1.05. The highest BCUT2D eigenvalue weighted by atomic mass is 32.2. The Morgan fingerprint density at radius 2 is 1.79 bits per heavy atom. The molecule has 0 spiro atoms. The summed E-state index contributed by atoms with van der Waals surface area (Å²) in [6, 6.07) is 13.9. The van der Waals surface area contributed by atoms with E-state index < -0.39 is 44.9 Å². The van der Waals surface area contributed by atoms with Crippen LogP contribution in [0.2, 0.25) is 0 Å². The van der Waals surface area contributed by atoms with Gasteiger partial charge < -0.3 is 21.3 Å². The number of benzene rings is 2. The van der Waals surface area contributed by atoms with Crippen molar-refractivity contribution in [1.82, 2.24) is 15.5 Å². The van der Waals surface area contributed by atoms with Crippen LogP contribution in [0, 0.1) is 5.41 Å². The molecule has 12 heteroatoms. The van der Waals surface area contributed by atoms with Gasteiger partial charge >= 0.3 is 0 Å². The van der Waals surface area contributed by atoms with E-state index in [4.69, 9.17) is 11.1 Å². The Morgan fingerprint density at radius 3 is 2.47 bits per heavy atom. The van der Waals surface area contributed by atoms with Gasteiger partial charge in [-0.05, 0) is 53.8 Å². The molecule has 1 fully saturated rings. The number of sulfone groups is 1. The smallest absolute Gasteiger partial charge is 0.251 e. The molecule has 0 unspecified atom stereocenters. The average Bonchev–Trinajstić information content (AvgIpc) is 3.68. The summed E-state index contributed by atoms with van der Waals surface area (Å²) in [5.74, 6) is -1.55. The number of nitrogens with two attached hydrogens (primary N) is 1. The third kappa shape index (κ3) is 5.81. The number of fused-ring (bicyclic) bond motifs is 3. The topological polar surface area (TPSA) is 163 Å². The molecule has 5 N–H and O–H groups in total. The Bertz CT molecular complexity index is 1750. The molecule has 3 aromatic rings. The first kappa shape index (κ1) is 30.4. The fraction of sp³-hybridized carbons (Fsp3) is 0.355. The number of hydrogen-bond acceptors (Lipinski definition) is 7. The molecule has 2 aliphatic rings. The second-order valence-corrected chi connectivity index (χ2v) is 15.0. The van der Waals surface area contributed by atoms with Gasteiger partial charge in [0, 0.05) is 39.6 Å². The van der Waals surface area contributed by atoms with Crippen molar-refractivity contribution >= 4 is 44.7 Å². The molecule has 0 bridgehead atoms. The Labute approximate surface area is 255 Å². The Kier molecular flexibility index (Phi) is 7.95. The van der Waals surface area contributed by atoms with Crippen LogP contribution in [-0.4, -0.2) is 67.5 Å². The minimum atomic E-state index is -3.53. The van der Waals surface area contributed by atoms with Crippen molar-refractivity contribution in [3.05, 3.63) is 81.0 Å². The monoisotopic (exact) mass is 621 g/mol. The second-order valence-electron chi connectivity index (χ2n) is 11.7. The molecule has 43 heavy (non-hydrogen) atoms. The van der Waals surface area contributed by atoms with Gasteiger partial charge in [0.25, 0.3) is 5.91 Å². The summed E-state index contributed by atoms with van der Waals surface area (Å²) in [7, 11) is -3.53. The van der Waals surface area contributed by atoms with Crippen LogP contribution in [-0.2, 0) is 24.8 Å². The van der Waals surface area contributed by atoms with E-state index in [2.05, 4.69) is 36.6 Å². The number of amidine groups is 1. The first-order valence-electron chi connectivity index (χ1n) is 13.9. The van der Waals surface area contributed by atoms with E-state index in [1.165, 1.54) is 21.8 Å². The maximum absolute atomic E-state index is 13.3. The predicted molar refractivity (Wildman–Crippen MR) is 167 cm³/mol. The molecule has 226 valence electrons. The minimum Gasteiger partial charge on any atom is -0.384 e. The lowest BCUT2D eigenvalue weighted by Gasteiger charge is -2.25. The molecule has 10 nitrogen and oxygen atoms in total. The number of nitrogen functional groups attached to an aromatic ring is 1. The van der Waals surface area contributed by atoms with Crippen LogP contribution in [0.5, 0.6) is 0 Å². The van der Waals surface area contributed by atoms with Crippen LogP contribution in [0.15, 0.2) is 53.9 Å². The lowest BCUT2D eigenvalue weighted by Crippen LogP contribution is -2.49. The van der Waals surface area contributed by atoms with Crippen molar-refractivity contribution in [1.29, 1.82) is 5.41 Å². The van der Waals surface area contributed by atoms with Crippen molar-refractivity contribution in [3.8, 4) is 11.1 Å². The zero-order valence-electron chi connectivity index (χ0n) is 24.4. The lowest BCUT2D eigenvalue weighted by atomic mass is 9.82. The van der Waals surface area contributed by atoms with Gasteiger partial charge in [-0.1, -0.05) is 44.2 Å². The number of likely N-dealkylation sites (tertiary alicyclic amines) is 1. The third-order valence-electron chi connectivity index (χ3n) is 8.45. The van der Waals surface area contributed by atoms with E-state index in [0.717, 1.165) is 27.8 Å². The maximum atomic E-state index is 13.3. The summed E-state index contributed by atoms with van der Waals surface area (Å²) in [4.78, 5) is 41.8. The fourth-order valence-electron chi connectivity index (χ4n) is 5.94. The lowest BCUT2D eigenvalue weighted by molar-refractivity contribution is -0.137. The average molecular weight is 622 g/mol. The van der Waals surface area contributed by atoms with Gasteiger partial charge in [0.2, 0.25) is 11.8 Å². The molecule has 1 aliphatic carbocycles. The Morgan fingerprint density at radius 1 is 1.09 bits per heavy atom. The first-order chi connectivity index (χ1) is 20.2. The Hall–Kier alpha value is -4.03. The summed E-state index contributed by atoms with van der Waals surface area (Å²) < 4.78 is 24.8. The van der Waals surface area contributed by atoms with Crippen LogP contribution in [0.1, 0.15) is 65.2 Å². The zero-order chi connectivity index (χ0) is 31.3. The fourth-order valence-corrected chi connectivity index (χ4v) is 7.82. The third-order valence-corrected chi connectivity index (χ3v) is 11.1. The Balaban J connectivity index is 1.28. The summed E-state index contributed by atoms with van der Waals surface area (Å²) in [5, 5.41) is 13.9. The molecule has 2 heterocycles. The molecule has 3 amide bonds. The molecule has 1 aliphatic heterocycles. The predicted octanol–water partition coefficient (Wildman–Crippen LogP) is 2.96. The maximum Gasteiger partial charge on any atom is 0.251 e. The van der Waals surface area contributed by atoms with Crippen molar-refractivity contribution in [3.63, 3.8) is 0 Å². The van der Waals surface area contributed by atoms with E-state index in [1.54, 1.807) is 24.4 Å². The van der Waals surface area contributed by atoms with Crippen molar-refractivity contribution in [2.24, 2.45) is 5.73 Å². The molecule has 1 saturated heterocycles. The second kappa shape index (κ2) is 11.2. The van der Waals surface area contributed by atoms with Crippen LogP contribution in [0.3, 0.4) is 0 Å². The van der Waals surface area contributed by atoms with Gasteiger partial charge in [-0.25, -0.2) is 8.42 Å². The van der Waals surface area contributed by atoms with Crippen molar-refractivity contribution < 1.29 is 22.8 Å². The van der Waals surface area contributed by atoms with Crippen molar-refractivity contribution in [2.75, 3.05) is 19.3 Å². The van der Waals surface area contributed by atoms with E-state index >= 15 is 0 Å². The minimum absolute atomic E-state index is 0.0410. The molecule has 2 aromatic carbocycles. The number of amides is 3. The molecule has 1 aromatic heterocycles. The van der Waals surface area contributed by atoms with Crippen LogP contribution >= 0.6 is 11.3 Å². The zero-order valence-corrected chi connectivity index (χ0v) is 26.1. The van der Waals surface area contributed by atoms with Crippen LogP contribution in [0.4, 0.5) is 0 Å². The quantitative estimate of drug-likeness (QED) is 0.223. The number of nitrogens with one attached hydrogen (secondary N) is 3. The number of rotatable bonds is 8. The number of nitrogens with zero attached hydrogens (tertiary/aromatic N) is 1. The largest absolute Gasteiger partial charge is 0.384 e. The standard InChI is InChI=1S/C31H35N5O5S2/c1-17(26-12-19(16-42-26)28(32)33)35-30(39)25-13-20(43(4,40)41)15-36(25)27(37)14-34-29(38)18-9-10-22-21-7-5-6-8-23(21)31(2,3)24(22)11-18/h5-12,16-17,20,25H,13-15H2,1-4H3,(H3,32,33)(H,34,38)(H,35,39)/t17-,20-,25+/m1/s1. The highest BCUT2D eigenvalue weighted by Gasteiger charge is 2.44. The summed E-state index contributed by atoms with van der Waals surface area (Å²) >= 11 is 1.34. The SMILES string of the molecule is C[C@@H](NC(=O)[C@@H]1C[C@@H](S(C)(=O)=O)CN1C(=O)CNC(=O)c1ccc2c(c1)C(C)(C)c1ccccc1-2)c1cc(C(=N)N)cs1. The number of carbonyl (C=O) groups is 3. The van der Waals surface area contributed by atoms with E-state index in [1.807, 2.05) is 24.3 Å². The van der Waals surface area contributed by atoms with E-state index in [0.29, 0.717) is 11.1 Å². The van der Waals surface area contributed by atoms with Gasteiger partial charge in [0.15, 0.2) is 9.84 Å². The number of carbonyl (C=O) groups excluding carboxylic acids is 3. The molecular weight excluding hydrogens is 587 g/mol. The van der Waals surface area contributed by atoms with Gasteiger partial charge in [0.1, 0.15) is 11.9 Å². The summed E-state index contributed by atoms with van der Waals surface area (Å²) in [5.41, 5.74) is 10.6. The van der Waals surface area contributed by atoms with Gasteiger partial charge in [0.05, 0.1) is 17.8 Å². The highest BCUT2D eigenvalue weighted by molar-refractivity contribution is 7.91. The highest BCUT2D eigenvalue weighted by Crippen LogP contribution is 2.48. The molecule has 0 saturated carbocycles. The van der Waals surface area contributed by atoms with Gasteiger partial charge in [-0.2, -0.15) is 0 Å². The normalized spacial score (nSPS) is 19.3. The molecule has 5 rings (SSSR count). The molecule has 0 radical (unpaired) electrons. The van der Waals surface area contributed by atoms with E-state index in [-0.39, 0.29) is 30.8 Å². The van der Waals surface area contributed by atoms with Crippen molar-refractivity contribution in [2.45, 2.75) is 49.9 Å². The van der Waals surface area contributed by atoms with Crippen LogP contribution in [0.25, 0.3) is 11.1 Å². The molecule has 3 atom stereocenters. The van der Waals surface area contributed by atoms with E-state index in [9.17, 15) is 22.8 Å². The van der Waals surface area contributed by atoms with Gasteiger partial charge in [-0.15, -0.1) is 11.3 Å². The van der Waals surface area contributed by atoms with Crippen LogP contribution < -0.4 is 16.4 Å². The van der Waals surface area contributed by atoms with Gasteiger partial charge in [-0.3, -0.25) is 19.8 Å². The number of thiophene rings is 1. The first-order valence-corrected chi connectivity index (χ1v) is 16.8. The number of hydrogen-bond donors (Lipinski definition) is 4.